The van der Waals surface area contributed by atoms with E-state index in [1.165, 1.54) is 6.92 Å². The van der Waals surface area contributed by atoms with Crippen molar-refractivity contribution in [2.75, 3.05) is 0 Å². The van der Waals surface area contributed by atoms with Crippen LogP contribution >= 0.6 is 0 Å². The molecule has 0 aromatic carbocycles. The number of carbonyl (C=O) groups is 1. The summed E-state index contributed by atoms with van der Waals surface area (Å²) < 4.78 is 0. The number of carboxylic acids is 1. The van der Waals surface area contributed by atoms with E-state index in [0.29, 0.717) is 0 Å². The lowest BCUT2D eigenvalue weighted by molar-refractivity contribution is -0.299. The zero-order valence-corrected chi connectivity index (χ0v) is 3.97. The number of carboxylic acid groups (broad SMARTS) is 1. The van der Waals surface area contributed by atoms with E-state index in [4.69, 9.17) is 5.73 Å². The van der Waals surface area contributed by atoms with Gasteiger partial charge in [-0.1, -0.05) is 0 Å². The maximum atomic E-state index is 9.67. The van der Waals surface area contributed by atoms with Gasteiger partial charge >= 0.3 is 0 Å². The van der Waals surface area contributed by atoms with Crippen molar-refractivity contribution in [3.63, 3.8) is 0 Å². The predicted molar refractivity (Wildman–Crippen MR) is 23.0 cm³/mol. The fourth-order valence-electron chi connectivity index (χ4n) is 0.0680. The summed E-state index contributed by atoms with van der Waals surface area (Å²) in [5.74, 6) is -1.22. The molecule has 7 heavy (non-hydrogen) atoms. The van der Waals surface area contributed by atoms with Gasteiger partial charge in [0.2, 0.25) is 0 Å². The number of carbonyl (C=O) groups excluding carboxylic acids is 1. The Bertz CT molecular complexity index is 106. The van der Waals surface area contributed by atoms with Gasteiger partial charge in [0, 0.05) is 0 Å². The fraction of sp³-hybridized carbons (Fsp3) is 0.250. The fourth-order valence-corrected chi connectivity index (χ4v) is 0.0680. The first-order valence-electron chi connectivity index (χ1n) is 1.78. The first-order valence-corrected chi connectivity index (χ1v) is 1.78. The Morgan fingerprint density at radius 1 is 1.86 bits per heavy atom. The van der Waals surface area contributed by atoms with E-state index in [1.807, 2.05) is 0 Å². The van der Waals surface area contributed by atoms with Gasteiger partial charge in [0.1, 0.15) is 0 Å². The molecule has 0 bridgehead atoms. The Labute approximate surface area is 41.4 Å². The molecule has 0 fully saturated rings. The Kier molecular flexibility index (Phi) is 1.91. The van der Waals surface area contributed by atoms with Crippen molar-refractivity contribution in [1.82, 2.24) is 0 Å². The summed E-state index contributed by atoms with van der Waals surface area (Å²) in [4.78, 5) is 9.67. The molecule has 40 valence electrons. The molecule has 0 atom stereocenters. The highest BCUT2D eigenvalue weighted by atomic mass is 16.4. The van der Waals surface area contributed by atoms with Crippen molar-refractivity contribution in [1.29, 1.82) is 0 Å². The van der Waals surface area contributed by atoms with E-state index < -0.39 is 5.97 Å². The zero-order chi connectivity index (χ0) is 5.86. The van der Waals surface area contributed by atoms with Crippen LogP contribution in [0.2, 0.25) is 0 Å². The topological polar surface area (TPSA) is 66.2 Å². The van der Waals surface area contributed by atoms with Crippen molar-refractivity contribution in [2.45, 2.75) is 6.92 Å². The molecule has 0 saturated carbocycles. The van der Waals surface area contributed by atoms with Crippen LogP contribution in [0.15, 0.2) is 11.8 Å². The predicted octanol–water partition coefficient (Wildman–Crippen LogP) is -1.40. The summed E-state index contributed by atoms with van der Waals surface area (Å²) in [6, 6.07) is 0. The molecule has 3 heteroatoms. The van der Waals surface area contributed by atoms with Crippen molar-refractivity contribution < 1.29 is 9.90 Å². The van der Waals surface area contributed by atoms with Crippen LogP contribution in [0.1, 0.15) is 6.92 Å². The lowest BCUT2D eigenvalue weighted by Crippen LogP contribution is -2.23. The molecule has 2 N–H and O–H groups in total. The first kappa shape index (κ1) is 6.01. The highest BCUT2D eigenvalue weighted by molar-refractivity contribution is 5.83. The van der Waals surface area contributed by atoms with Crippen LogP contribution in [0.5, 0.6) is 0 Å². The number of hydrogen-bond donors (Lipinski definition) is 1. The minimum atomic E-state index is -1.22. The molecule has 0 saturated heterocycles. The van der Waals surface area contributed by atoms with Gasteiger partial charge in [0.15, 0.2) is 0 Å². The molecule has 0 spiro atoms. The highest BCUT2D eigenvalue weighted by Crippen LogP contribution is 1.81. The Balaban J connectivity index is 3.82. The second kappa shape index (κ2) is 2.23. The largest absolute Gasteiger partial charge is 0.545 e. The van der Waals surface area contributed by atoms with Crippen molar-refractivity contribution in [3.8, 4) is 0 Å². The van der Waals surface area contributed by atoms with Gasteiger partial charge in [-0.3, -0.25) is 0 Å². The molecule has 0 unspecified atom stereocenters. The number of rotatable bonds is 1. The molecule has 0 rings (SSSR count). The normalized spacial score (nSPS) is 11.3. The SMILES string of the molecule is C/C(=C/N)C(=O)[O-]. The van der Waals surface area contributed by atoms with Crippen molar-refractivity contribution in [3.05, 3.63) is 11.8 Å². The molecule has 0 aliphatic rings. The molecule has 0 aliphatic heterocycles. The average molecular weight is 100 g/mol. The van der Waals surface area contributed by atoms with E-state index in [1.54, 1.807) is 0 Å². The van der Waals surface area contributed by atoms with E-state index in [0.717, 1.165) is 6.20 Å². The monoisotopic (exact) mass is 100 g/mol. The van der Waals surface area contributed by atoms with Gasteiger partial charge in [-0.15, -0.1) is 0 Å². The maximum Gasteiger partial charge on any atom is 0.0686 e. The first-order chi connectivity index (χ1) is 3.18. The van der Waals surface area contributed by atoms with Crippen LogP contribution in [-0.4, -0.2) is 5.97 Å². The summed E-state index contributed by atoms with van der Waals surface area (Å²) >= 11 is 0. The van der Waals surface area contributed by atoms with Crippen LogP contribution < -0.4 is 10.8 Å². The molecule has 0 aliphatic carbocycles. The van der Waals surface area contributed by atoms with E-state index >= 15 is 0 Å². The average Bonchev–Trinajstić information content (AvgIpc) is 1.65. The number of aliphatic carboxylic acids is 1. The van der Waals surface area contributed by atoms with Gasteiger partial charge in [-0.25, -0.2) is 0 Å². The molecule has 0 aromatic heterocycles. The molecule has 0 amide bonds. The van der Waals surface area contributed by atoms with Gasteiger partial charge < -0.3 is 15.6 Å². The van der Waals surface area contributed by atoms with Gasteiger partial charge in [-0.05, 0) is 18.7 Å². The maximum absolute atomic E-state index is 9.67. The summed E-state index contributed by atoms with van der Waals surface area (Å²) in [7, 11) is 0. The van der Waals surface area contributed by atoms with E-state index in [2.05, 4.69) is 0 Å². The van der Waals surface area contributed by atoms with Gasteiger partial charge in [0.25, 0.3) is 0 Å². The van der Waals surface area contributed by atoms with E-state index in [-0.39, 0.29) is 5.57 Å². The highest BCUT2D eigenvalue weighted by Gasteiger charge is 1.81. The van der Waals surface area contributed by atoms with Crippen LogP contribution in [-0.2, 0) is 4.79 Å². The molecule has 0 heterocycles. The standard InChI is InChI=1S/C4H7NO2/c1-3(2-5)4(6)7/h2H,5H2,1H3,(H,6,7)/p-1/b3-2-. The lowest BCUT2D eigenvalue weighted by Gasteiger charge is -1.95. The second-order valence-electron chi connectivity index (χ2n) is 1.14. The van der Waals surface area contributed by atoms with Crippen LogP contribution in [0.4, 0.5) is 0 Å². The second-order valence-corrected chi connectivity index (χ2v) is 1.14. The quantitative estimate of drug-likeness (QED) is 0.412. The van der Waals surface area contributed by atoms with Crippen molar-refractivity contribution in [2.24, 2.45) is 5.73 Å². The smallest absolute Gasteiger partial charge is 0.0686 e. The molecular weight excluding hydrogens is 94.0 g/mol. The Morgan fingerprint density at radius 2 is 2.29 bits per heavy atom. The third-order valence-corrected chi connectivity index (χ3v) is 0.572. The third kappa shape index (κ3) is 1.81. The summed E-state index contributed by atoms with van der Waals surface area (Å²) in [6.45, 7) is 1.37. The Hall–Kier alpha value is -0.990. The molecule has 0 aromatic rings. The molecule has 3 nitrogen and oxygen atoms in total. The third-order valence-electron chi connectivity index (χ3n) is 0.572. The summed E-state index contributed by atoms with van der Waals surface area (Å²) in [5.41, 5.74) is 4.85. The number of nitrogens with two attached hydrogens (primary N) is 1. The molecule has 0 radical (unpaired) electrons. The summed E-state index contributed by atoms with van der Waals surface area (Å²) in [5, 5.41) is 9.67. The van der Waals surface area contributed by atoms with Gasteiger partial charge in [-0.2, -0.15) is 0 Å². The van der Waals surface area contributed by atoms with Crippen LogP contribution in [0.25, 0.3) is 0 Å². The van der Waals surface area contributed by atoms with Crippen LogP contribution in [0.3, 0.4) is 0 Å². The van der Waals surface area contributed by atoms with E-state index in [9.17, 15) is 9.90 Å². The minimum absolute atomic E-state index is 0.0556. The summed E-state index contributed by atoms with van der Waals surface area (Å²) in [6.07, 6.45) is 0.995. The lowest BCUT2D eigenvalue weighted by atomic mass is 10.3. The van der Waals surface area contributed by atoms with Crippen LogP contribution in [0, 0.1) is 0 Å². The zero-order valence-electron chi connectivity index (χ0n) is 3.97. The number of hydrogen-bond acceptors (Lipinski definition) is 3. The van der Waals surface area contributed by atoms with Crippen molar-refractivity contribution >= 4 is 5.97 Å². The van der Waals surface area contributed by atoms with Gasteiger partial charge in [0.05, 0.1) is 5.97 Å². The Morgan fingerprint density at radius 3 is 2.29 bits per heavy atom. The minimum Gasteiger partial charge on any atom is -0.545 e. The molecular formula is C4H6NO2-.